The summed E-state index contributed by atoms with van der Waals surface area (Å²) in [5.74, 6) is -2.20. The van der Waals surface area contributed by atoms with Gasteiger partial charge in [-0.25, -0.2) is 4.79 Å². The molecule has 0 saturated heterocycles. The first-order valence-corrected chi connectivity index (χ1v) is 9.07. The minimum absolute atomic E-state index is 0.0720. The molecule has 27 heavy (non-hydrogen) atoms. The maximum Gasteiger partial charge on any atom is 0.368 e. The van der Waals surface area contributed by atoms with E-state index >= 15 is 0 Å². The molecule has 0 saturated carbocycles. The van der Waals surface area contributed by atoms with Crippen LogP contribution in [0.25, 0.3) is 5.69 Å². The molecule has 0 atom stereocenters. The van der Waals surface area contributed by atoms with E-state index in [1.54, 1.807) is 24.3 Å². The van der Waals surface area contributed by atoms with Gasteiger partial charge in [0.05, 0.1) is 10.7 Å². The van der Waals surface area contributed by atoms with Gasteiger partial charge >= 0.3 is 5.69 Å². The second kappa shape index (κ2) is 8.10. The molecule has 0 amide bonds. The monoisotopic (exact) mass is 412 g/mol. The largest absolute Gasteiger partial charge is 0.487 e. The van der Waals surface area contributed by atoms with Crippen LogP contribution in [-0.4, -0.2) is 25.5 Å². The van der Waals surface area contributed by atoms with Crippen LogP contribution in [0.15, 0.2) is 46.1 Å². The van der Waals surface area contributed by atoms with Gasteiger partial charge < -0.3 is 4.74 Å². The van der Waals surface area contributed by atoms with E-state index in [1.807, 2.05) is 13.0 Å². The predicted octanol–water partition coefficient (Wildman–Crippen LogP) is 3.82. The molecule has 1 heterocycles. The number of thioether (sulfide) groups is 1. The Kier molecular flexibility index (Phi) is 5.81. The van der Waals surface area contributed by atoms with Crippen LogP contribution in [0.4, 0.5) is 8.78 Å². The molecule has 10 heteroatoms. The topological polar surface area (TPSA) is 61.9 Å². The minimum atomic E-state index is -2.62. The van der Waals surface area contributed by atoms with E-state index < -0.39 is 11.4 Å². The molecule has 0 aliphatic rings. The normalized spacial score (nSPS) is 11.2. The third-order valence-electron chi connectivity index (χ3n) is 3.73. The zero-order valence-electron chi connectivity index (χ0n) is 14.4. The number of benzene rings is 2. The SMILES string of the molecule is Cc1ccc(Cl)c(OCc2c(SC(F)F)cccc2-n2nnn(C)c2=O)c1. The Hall–Kier alpha value is -2.39. The molecule has 0 radical (unpaired) electrons. The molecule has 0 bridgehead atoms. The number of hydrogen-bond acceptors (Lipinski definition) is 5. The van der Waals surface area contributed by atoms with Gasteiger partial charge in [-0.2, -0.15) is 18.1 Å². The lowest BCUT2D eigenvalue weighted by Crippen LogP contribution is -2.23. The molecule has 142 valence electrons. The van der Waals surface area contributed by atoms with Crippen molar-refractivity contribution in [3.8, 4) is 11.4 Å². The van der Waals surface area contributed by atoms with E-state index in [4.69, 9.17) is 16.3 Å². The van der Waals surface area contributed by atoms with Gasteiger partial charge in [-0.15, -0.1) is 0 Å². The summed E-state index contributed by atoms with van der Waals surface area (Å²) >= 11 is 6.51. The van der Waals surface area contributed by atoms with E-state index in [0.29, 0.717) is 33.8 Å². The number of halogens is 3. The highest BCUT2D eigenvalue weighted by molar-refractivity contribution is 7.99. The molecule has 3 aromatic rings. The van der Waals surface area contributed by atoms with Crippen LogP contribution in [-0.2, 0) is 13.7 Å². The molecule has 1 aromatic heterocycles. The highest BCUT2D eigenvalue weighted by Gasteiger charge is 2.18. The van der Waals surface area contributed by atoms with E-state index in [1.165, 1.54) is 13.1 Å². The van der Waals surface area contributed by atoms with Gasteiger partial charge in [0.25, 0.3) is 5.76 Å². The molecule has 0 N–H and O–H groups in total. The van der Waals surface area contributed by atoms with Crippen LogP contribution < -0.4 is 10.4 Å². The number of tetrazole rings is 1. The fraction of sp³-hybridized carbons (Fsp3) is 0.235. The standard InChI is InChI=1S/C17H15ClF2N4O2S/c1-10-6-7-12(18)14(8-10)26-9-11-13(24-17(25)23(2)21-22-24)4-3-5-15(11)27-16(19)20/h3-8,16H,9H2,1-2H3. The van der Waals surface area contributed by atoms with E-state index in [0.717, 1.165) is 14.9 Å². The second-order valence-electron chi connectivity index (χ2n) is 5.65. The van der Waals surface area contributed by atoms with Crippen molar-refractivity contribution in [3.05, 3.63) is 63.0 Å². The predicted molar refractivity (Wildman–Crippen MR) is 99.0 cm³/mol. The van der Waals surface area contributed by atoms with Crippen LogP contribution in [0.3, 0.4) is 0 Å². The van der Waals surface area contributed by atoms with Crippen molar-refractivity contribution in [3.63, 3.8) is 0 Å². The van der Waals surface area contributed by atoms with Gasteiger partial charge in [-0.05, 0) is 47.2 Å². The molecule has 0 unspecified atom stereocenters. The lowest BCUT2D eigenvalue weighted by atomic mass is 10.2. The Labute approximate surface area is 162 Å². The summed E-state index contributed by atoms with van der Waals surface area (Å²) < 4.78 is 33.9. The van der Waals surface area contributed by atoms with Crippen molar-refractivity contribution in [1.82, 2.24) is 19.8 Å². The molecular formula is C17H15ClF2N4O2S. The molecular weight excluding hydrogens is 398 g/mol. The Morgan fingerprint density at radius 1 is 1.26 bits per heavy atom. The fourth-order valence-corrected chi connectivity index (χ4v) is 3.27. The summed E-state index contributed by atoms with van der Waals surface area (Å²) in [6, 6.07) is 9.99. The second-order valence-corrected chi connectivity index (χ2v) is 7.09. The highest BCUT2D eigenvalue weighted by atomic mass is 35.5. The van der Waals surface area contributed by atoms with E-state index in [2.05, 4.69) is 10.4 Å². The van der Waals surface area contributed by atoms with Gasteiger partial charge in [0.1, 0.15) is 12.4 Å². The number of aromatic nitrogens is 4. The smallest absolute Gasteiger partial charge is 0.368 e. The summed E-state index contributed by atoms with van der Waals surface area (Å²) in [6.07, 6.45) is 0. The van der Waals surface area contributed by atoms with E-state index in [-0.39, 0.29) is 11.5 Å². The minimum Gasteiger partial charge on any atom is -0.487 e. The average Bonchev–Trinajstić information content (AvgIpc) is 2.95. The van der Waals surface area contributed by atoms with Crippen molar-refractivity contribution in [2.45, 2.75) is 24.2 Å². The molecule has 2 aromatic carbocycles. The lowest BCUT2D eigenvalue weighted by Gasteiger charge is -2.15. The first-order chi connectivity index (χ1) is 12.9. The van der Waals surface area contributed by atoms with Crippen molar-refractivity contribution < 1.29 is 13.5 Å². The van der Waals surface area contributed by atoms with Gasteiger partial charge in [0.2, 0.25) is 0 Å². The van der Waals surface area contributed by atoms with Crippen LogP contribution in [0.2, 0.25) is 5.02 Å². The first-order valence-electron chi connectivity index (χ1n) is 7.82. The maximum atomic E-state index is 13.0. The summed E-state index contributed by atoms with van der Waals surface area (Å²) in [4.78, 5) is 12.5. The van der Waals surface area contributed by atoms with Crippen LogP contribution in [0.1, 0.15) is 11.1 Å². The van der Waals surface area contributed by atoms with Gasteiger partial charge in [-0.3, -0.25) is 0 Å². The number of hydrogen-bond donors (Lipinski definition) is 0. The number of ether oxygens (including phenoxy) is 1. The van der Waals surface area contributed by atoms with Gasteiger partial charge in [0.15, 0.2) is 0 Å². The third kappa shape index (κ3) is 4.30. The Morgan fingerprint density at radius 2 is 2.04 bits per heavy atom. The summed E-state index contributed by atoms with van der Waals surface area (Å²) in [6.45, 7) is 1.81. The number of nitrogens with zero attached hydrogens (tertiary/aromatic N) is 4. The van der Waals surface area contributed by atoms with Crippen molar-refractivity contribution in [2.24, 2.45) is 7.05 Å². The quantitative estimate of drug-likeness (QED) is 0.576. The maximum absolute atomic E-state index is 13.0. The van der Waals surface area contributed by atoms with Gasteiger partial charge in [-0.1, -0.05) is 35.5 Å². The van der Waals surface area contributed by atoms with Crippen molar-refractivity contribution >= 4 is 23.4 Å². The third-order valence-corrected chi connectivity index (χ3v) is 4.86. The summed E-state index contributed by atoms with van der Waals surface area (Å²) in [5.41, 5.74) is 1.16. The zero-order valence-corrected chi connectivity index (χ0v) is 16.0. The lowest BCUT2D eigenvalue weighted by molar-refractivity contribution is 0.251. The van der Waals surface area contributed by atoms with E-state index in [9.17, 15) is 13.6 Å². The fourth-order valence-electron chi connectivity index (χ4n) is 2.44. The number of alkyl halides is 2. The number of rotatable bonds is 6. The highest BCUT2D eigenvalue weighted by Crippen LogP contribution is 2.33. The van der Waals surface area contributed by atoms with Crippen molar-refractivity contribution in [2.75, 3.05) is 0 Å². The molecule has 0 aliphatic heterocycles. The van der Waals surface area contributed by atoms with Crippen molar-refractivity contribution in [1.29, 1.82) is 0 Å². The Balaban J connectivity index is 2.04. The molecule has 0 fully saturated rings. The molecule has 0 aliphatic carbocycles. The average molecular weight is 413 g/mol. The zero-order chi connectivity index (χ0) is 19.6. The molecule has 6 nitrogen and oxygen atoms in total. The summed E-state index contributed by atoms with van der Waals surface area (Å²) in [7, 11) is 1.45. The molecule has 3 rings (SSSR count). The summed E-state index contributed by atoms with van der Waals surface area (Å²) in [5, 5.41) is 7.86. The van der Waals surface area contributed by atoms with Gasteiger partial charge in [0, 0.05) is 17.5 Å². The Morgan fingerprint density at radius 3 is 2.70 bits per heavy atom. The van der Waals surface area contributed by atoms with Crippen LogP contribution >= 0.6 is 23.4 Å². The van der Waals surface area contributed by atoms with Crippen LogP contribution in [0, 0.1) is 6.92 Å². The Bertz CT molecular complexity index is 1020. The molecule has 0 spiro atoms. The van der Waals surface area contributed by atoms with Crippen LogP contribution in [0.5, 0.6) is 5.75 Å². The first kappa shape index (κ1) is 19.4. The number of aryl methyl sites for hydroxylation is 2.